The number of para-hydroxylation sites is 1. The quantitative estimate of drug-likeness (QED) is 0.757. The van der Waals surface area contributed by atoms with Crippen molar-refractivity contribution in [2.45, 2.75) is 26.3 Å². The zero-order chi connectivity index (χ0) is 18.6. The number of carbonyl (C=O) groups is 1. The van der Waals surface area contributed by atoms with Gasteiger partial charge >= 0.3 is 0 Å². The van der Waals surface area contributed by atoms with Gasteiger partial charge in [0, 0.05) is 31.5 Å². The summed E-state index contributed by atoms with van der Waals surface area (Å²) in [7, 11) is 0. The van der Waals surface area contributed by atoms with Crippen molar-refractivity contribution in [3.8, 4) is 0 Å². The van der Waals surface area contributed by atoms with Crippen LogP contribution in [-0.4, -0.2) is 45.0 Å². The lowest BCUT2D eigenvalue weighted by atomic mass is 9.96. The molecule has 1 saturated heterocycles. The number of benzene rings is 1. The third-order valence-electron chi connectivity index (χ3n) is 5.37. The van der Waals surface area contributed by atoms with Crippen LogP contribution in [0.4, 0.5) is 5.69 Å². The third kappa shape index (κ3) is 3.94. The summed E-state index contributed by atoms with van der Waals surface area (Å²) in [6.07, 6.45) is 5.70. The lowest BCUT2D eigenvalue weighted by Crippen LogP contribution is -2.42. The number of aryl methyl sites for hydroxylation is 1. The Hall–Kier alpha value is -2.89. The van der Waals surface area contributed by atoms with E-state index < -0.39 is 0 Å². The first-order chi connectivity index (χ1) is 13.2. The van der Waals surface area contributed by atoms with Crippen LogP contribution in [0.15, 0.2) is 48.8 Å². The average Bonchev–Trinajstić information content (AvgIpc) is 3.03. The normalized spacial score (nSPS) is 15.2. The maximum absolute atomic E-state index is 12.5. The third-order valence-corrected chi connectivity index (χ3v) is 5.37. The Kier molecular flexibility index (Phi) is 5.05. The van der Waals surface area contributed by atoms with Gasteiger partial charge in [-0.15, -0.1) is 0 Å². The first-order valence-electron chi connectivity index (χ1n) is 9.54. The SMILES string of the molecule is Cc1nc2cnccc2n1CC1CCN(C(=O)CNc2ccccc2)CC1. The van der Waals surface area contributed by atoms with Gasteiger partial charge in [0.25, 0.3) is 0 Å². The molecule has 0 saturated carbocycles. The standard InChI is InChI=1S/C21H25N5O/c1-16-24-19-13-22-10-7-20(19)26(16)15-17-8-11-25(12-9-17)21(27)14-23-18-5-3-2-4-6-18/h2-7,10,13,17,23H,8-9,11-12,14-15H2,1H3. The van der Waals surface area contributed by atoms with Crippen LogP contribution < -0.4 is 5.32 Å². The van der Waals surface area contributed by atoms with E-state index in [0.717, 1.165) is 55.0 Å². The lowest BCUT2D eigenvalue weighted by molar-refractivity contribution is -0.130. The van der Waals surface area contributed by atoms with Crippen LogP contribution in [-0.2, 0) is 11.3 Å². The largest absolute Gasteiger partial charge is 0.376 e. The highest BCUT2D eigenvalue weighted by molar-refractivity contribution is 5.81. The van der Waals surface area contributed by atoms with Gasteiger partial charge in [0.2, 0.25) is 5.91 Å². The molecule has 1 aliphatic heterocycles. The number of rotatable bonds is 5. The zero-order valence-corrected chi connectivity index (χ0v) is 15.6. The minimum Gasteiger partial charge on any atom is -0.376 e. The van der Waals surface area contributed by atoms with Crippen LogP contribution in [0.3, 0.4) is 0 Å². The number of aromatic nitrogens is 3. The summed E-state index contributed by atoms with van der Waals surface area (Å²) in [6.45, 7) is 5.01. The average molecular weight is 363 g/mol. The topological polar surface area (TPSA) is 63.1 Å². The molecule has 0 unspecified atom stereocenters. The Labute approximate surface area is 159 Å². The number of nitrogens with zero attached hydrogens (tertiary/aromatic N) is 4. The number of hydrogen-bond donors (Lipinski definition) is 1. The predicted molar refractivity (Wildman–Crippen MR) is 107 cm³/mol. The van der Waals surface area contributed by atoms with E-state index in [0.29, 0.717) is 12.5 Å². The van der Waals surface area contributed by atoms with Gasteiger partial charge in [-0.3, -0.25) is 9.78 Å². The van der Waals surface area contributed by atoms with Crippen molar-refractivity contribution in [1.82, 2.24) is 19.4 Å². The number of fused-ring (bicyclic) bond motifs is 1. The summed E-state index contributed by atoms with van der Waals surface area (Å²) in [6, 6.07) is 11.9. The number of amides is 1. The summed E-state index contributed by atoms with van der Waals surface area (Å²) in [5.74, 6) is 1.77. The summed E-state index contributed by atoms with van der Waals surface area (Å²) in [5.41, 5.74) is 3.08. The molecule has 1 aromatic carbocycles. The molecule has 140 valence electrons. The molecule has 6 heteroatoms. The van der Waals surface area contributed by atoms with Crippen molar-refractivity contribution in [3.05, 3.63) is 54.6 Å². The van der Waals surface area contributed by atoms with Gasteiger partial charge in [-0.25, -0.2) is 4.98 Å². The molecule has 0 aliphatic carbocycles. The van der Waals surface area contributed by atoms with Crippen LogP contribution in [0.5, 0.6) is 0 Å². The molecule has 0 atom stereocenters. The number of pyridine rings is 1. The minimum absolute atomic E-state index is 0.174. The molecule has 0 bridgehead atoms. The number of hydrogen-bond acceptors (Lipinski definition) is 4. The smallest absolute Gasteiger partial charge is 0.241 e. The zero-order valence-electron chi connectivity index (χ0n) is 15.6. The van der Waals surface area contributed by atoms with Crippen molar-refractivity contribution >= 4 is 22.6 Å². The lowest BCUT2D eigenvalue weighted by Gasteiger charge is -2.32. The Morgan fingerprint density at radius 3 is 2.74 bits per heavy atom. The first-order valence-corrected chi connectivity index (χ1v) is 9.54. The Morgan fingerprint density at radius 1 is 1.19 bits per heavy atom. The van der Waals surface area contributed by atoms with Crippen LogP contribution in [0.1, 0.15) is 18.7 Å². The van der Waals surface area contributed by atoms with E-state index >= 15 is 0 Å². The van der Waals surface area contributed by atoms with Crippen LogP contribution in [0, 0.1) is 12.8 Å². The molecule has 4 rings (SSSR count). The second-order valence-electron chi connectivity index (χ2n) is 7.18. The Bertz CT molecular complexity index is 913. The van der Waals surface area contributed by atoms with Crippen molar-refractivity contribution in [1.29, 1.82) is 0 Å². The van der Waals surface area contributed by atoms with E-state index in [9.17, 15) is 4.79 Å². The highest BCUT2D eigenvalue weighted by atomic mass is 16.2. The predicted octanol–water partition coefficient (Wildman–Crippen LogP) is 3.09. The molecule has 3 heterocycles. The minimum atomic E-state index is 0.174. The monoisotopic (exact) mass is 363 g/mol. The second kappa shape index (κ2) is 7.78. The van der Waals surface area contributed by atoms with Gasteiger partial charge in [-0.05, 0) is 43.9 Å². The molecular weight excluding hydrogens is 338 g/mol. The molecule has 2 aromatic heterocycles. The van der Waals surface area contributed by atoms with E-state index in [2.05, 4.69) is 19.9 Å². The number of likely N-dealkylation sites (tertiary alicyclic amines) is 1. The highest BCUT2D eigenvalue weighted by Gasteiger charge is 2.23. The molecule has 27 heavy (non-hydrogen) atoms. The van der Waals surface area contributed by atoms with Crippen molar-refractivity contribution < 1.29 is 4.79 Å². The fourth-order valence-corrected chi connectivity index (χ4v) is 3.80. The van der Waals surface area contributed by atoms with E-state index in [4.69, 9.17) is 0 Å². The molecule has 1 fully saturated rings. The summed E-state index contributed by atoms with van der Waals surface area (Å²) in [5, 5.41) is 3.21. The van der Waals surface area contributed by atoms with Gasteiger partial charge in [-0.1, -0.05) is 18.2 Å². The van der Waals surface area contributed by atoms with E-state index in [-0.39, 0.29) is 5.91 Å². The van der Waals surface area contributed by atoms with Crippen molar-refractivity contribution in [2.75, 3.05) is 25.0 Å². The van der Waals surface area contributed by atoms with Crippen molar-refractivity contribution in [3.63, 3.8) is 0 Å². The number of carbonyl (C=O) groups excluding carboxylic acids is 1. The fraction of sp³-hybridized carbons (Fsp3) is 0.381. The van der Waals surface area contributed by atoms with Gasteiger partial charge in [0.1, 0.15) is 11.3 Å². The molecule has 6 nitrogen and oxygen atoms in total. The molecule has 1 N–H and O–H groups in total. The fourth-order valence-electron chi connectivity index (χ4n) is 3.80. The van der Waals surface area contributed by atoms with Crippen LogP contribution >= 0.6 is 0 Å². The number of piperidine rings is 1. The number of imidazole rings is 1. The van der Waals surface area contributed by atoms with E-state index in [1.165, 1.54) is 0 Å². The molecule has 1 aliphatic rings. The summed E-state index contributed by atoms with van der Waals surface area (Å²) >= 11 is 0. The Morgan fingerprint density at radius 2 is 1.96 bits per heavy atom. The van der Waals surface area contributed by atoms with Crippen LogP contribution in [0.2, 0.25) is 0 Å². The second-order valence-corrected chi connectivity index (χ2v) is 7.18. The van der Waals surface area contributed by atoms with Gasteiger partial charge < -0.3 is 14.8 Å². The summed E-state index contributed by atoms with van der Waals surface area (Å²) < 4.78 is 2.29. The molecule has 3 aromatic rings. The van der Waals surface area contributed by atoms with Gasteiger partial charge in [0.15, 0.2) is 0 Å². The van der Waals surface area contributed by atoms with E-state index in [1.54, 1.807) is 0 Å². The summed E-state index contributed by atoms with van der Waals surface area (Å²) in [4.78, 5) is 23.2. The van der Waals surface area contributed by atoms with Gasteiger partial charge in [-0.2, -0.15) is 0 Å². The van der Waals surface area contributed by atoms with Crippen molar-refractivity contribution in [2.24, 2.45) is 5.92 Å². The molecule has 0 spiro atoms. The van der Waals surface area contributed by atoms with E-state index in [1.807, 2.05) is 60.6 Å². The molecule has 1 amide bonds. The maximum atomic E-state index is 12.5. The van der Waals surface area contributed by atoms with Crippen LogP contribution in [0.25, 0.3) is 11.0 Å². The Balaban J connectivity index is 1.31. The molecular formula is C21H25N5O. The first kappa shape index (κ1) is 17.5. The maximum Gasteiger partial charge on any atom is 0.241 e. The number of nitrogens with one attached hydrogen (secondary N) is 1. The highest BCUT2D eigenvalue weighted by Crippen LogP contribution is 2.23. The molecule has 0 radical (unpaired) electrons. The van der Waals surface area contributed by atoms with Gasteiger partial charge in [0.05, 0.1) is 18.3 Å². The number of anilines is 1.